The van der Waals surface area contributed by atoms with Crippen LogP contribution in [0.1, 0.15) is 46.2 Å². The van der Waals surface area contributed by atoms with Crippen LogP contribution in [-0.4, -0.2) is 23.6 Å². The lowest BCUT2D eigenvalue weighted by Gasteiger charge is -2.29. The SMILES string of the molecule is CC(C)NCc1nc(N2CCCC2C(C)C)ccc1Cl. The van der Waals surface area contributed by atoms with Gasteiger partial charge < -0.3 is 10.2 Å². The average molecular weight is 296 g/mol. The Kier molecular flexibility index (Phi) is 5.28. The molecule has 1 aromatic rings. The Labute approximate surface area is 127 Å². The van der Waals surface area contributed by atoms with Crippen LogP contribution in [0.15, 0.2) is 12.1 Å². The fourth-order valence-electron chi connectivity index (χ4n) is 2.83. The quantitative estimate of drug-likeness (QED) is 0.894. The van der Waals surface area contributed by atoms with Crippen LogP contribution in [0.4, 0.5) is 5.82 Å². The summed E-state index contributed by atoms with van der Waals surface area (Å²) in [7, 11) is 0. The van der Waals surface area contributed by atoms with Crippen LogP contribution in [0, 0.1) is 5.92 Å². The number of hydrogen-bond donors (Lipinski definition) is 1. The van der Waals surface area contributed by atoms with Crippen LogP contribution in [0.25, 0.3) is 0 Å². The largest absolute Gasteiger partial charge is 0.353 e. The molecule has 2 heterocycles. The first-order chi connectivity index (χ1) is 9.49. The van der Waals surface area contributed by atoms with E-state index in [0.29, 0.717) is 18.0 Å². The number of halogens is 1. The molecule has 0 spiro atoms. The molecule has 1 N–H and O–H groups in total. The zero-order valence-electron chi connectivity index (χ0n) is 13.0. The van der Waals surface area contributed by atoms with E-state index in [0.717, 1.165) is 29.6 Å². The van der Waals surface area contributed by atoms with Gasteiger partial charge in [-0.15, -0.1) is 0 Å². The number of rotatable bonds is 5. The zero-order chi connectivity index (χ0) is 14.7. The van der Waals surface area contributed by atoms with Gasteiger partial charge in [0, 0.05) is 25.2 Å². The van der Waals surface area contributed by atoms with Crippen molar-refractivity contribution in [2.75, 3.05) is 11.4 Å². The van der Waals surface area contributed by atoms with Crippen LogP contribution in [0.2, 0.25) is 5.02 Å². The molecule has 2 rings (SSSR count). The third-order valence-corrected chi connectivity index (χ3v) is 4.29. The molecule has 112 valence electrons. The van der Waals surface area contributed by atoms with E-state index in [1.54, 1.807) is 0 Å². The molecule has 1 aromatic heterocycles. The Balaban J connectivity index is 2.18. The predicted molar refractivity (Wildman–Crippen MR) is 86.4 cm³/mol. The molecule has 0 aliphatic carbocycles. The van der Waals surface area contributed by atoms with Gasteiger partial charge in [-0.2, -0.15) is 0 Å². The standard InChI is InChI=1S/C16H26ClN3/c1-11(2)15-6-5-9-20(15)16-8-7-13(17)14(19-16)10-18-12(3)4/h7-8,11-12,15,18H,5-6,9-10H2,1-4H3. The minimum atomic E-state index is 0.437. The summed E-state index contributed by atoms with van der Waals surface area (Å²) in [6.07, 6.45) is 2.52. The van der Waals surface area contributed by atoms with Gasteiger partial charge in [-0.1, -0.05) is 39.3 Å². The second kappa shape index (κ2) is 6.77. The van der Waals surface area contributed by atoms with Crippen molar-refractivity contribution in [3.05, 3.63) is 22.8 Å². The molecule has 0 bridgehead atoms. The lowest BCUT2D eigenvalue weighted by atomic mass is 10.0. The minimum absolute atomic E-state index is 0.437. The second-order valence-corrected chi connectivity index (χ2v) is 6.69. The van der Waals surface area contributed by atoms with Gasteiger partial charge >= 0.3 is 0 Å². The molecule has 1 unspecified atom stereocenters. The average Bonchev–Trinajstić information content (AvgIpc) is 2.87. The Bertz CT molecular complexity index is 445. The minimum Gasteiger partial charge on any atom is -0.353 e. The van der Waals surface area contributed by atoms with Crippen molar-refractivity contribution in [2.45, 2.75) is 59.2 Å². The van der Waals surface area contributed by atoms with Crippen molar-refractivity contribution in [3.63, 3.8) is 0 Å². The van der Waals surface area contributed by atoms with Gasteiger partial charge in [0.1, 0.15) is 5.82 Å². The molecule has 20 heavy (non-hydrogen) atoms. The topological polar surface area (TPSA) is 28.2 Å². The highest BCUT2D eigenvalue weighted by Crippen LogP contribution is 2.29. The van der Waals surface area contributed by atoms with E-state index in [4.69, 9.17) is 16.6 Å². The van der Waals surface area contributed by atoms with Crippen molar-refractivity contribution >= 4 is 17.4 Å². The summed E-state index contributed by atoms with van der Waals surface area (Å²) in [6, 6.07) is 5.08. The van der Waals surface area contributed by atoms with E-state index in [9.17, 15) is 0 Å². The highest BCUT2D eigenvalue weighted by atomic mass is 35.5. The molecule has 1 aliphatic heterocycles. The van der Waals surface area contributed by atoms with Crippen molar-refractivity contribution < 1.29 is 0 Å². The van der Waals surface area contributed by atoms with Gasteiger partial charge in [0.25, 0.3) is 0 Å². The Morgan fingerprint density at radius 1 is 1.35 bits per heavy atom. The third-order valence-electron chi connectivity index (χ3n) is 3.94. The molecule has 1 atom stereocenters. The van der Waals surface area contributed by atoms with E-state index < -0.39 is 0 Å². The van der Waals surface area contributed by atoms with Crippen LogP contribution in [-0.2, 0) is 6.54 Å². The van der Waals surface area contributed by atoms with E-state index in [1.807, 2.05) is 6.07 Å². The van der Waals surface area contributed by atoms with Gasteiger partial charge in [-0.3, -0.25) is 0 Å². The summed E-state index contributed by atoms with van der Waals surface area (Å²) in [5.41, 5.74) is 0.951. The van der Waals surface area contributed by atoms with Crippen LogP contribution < -0.4 is 10.2 Å². The fraction of sp³-hybridized carbons (Fsp3) is 0.688. The van der Waals surface area contributed by atoms with Gasteiger partial charge in [0.15, 0.2) is 0 Å². The highest BCUT2D eigenvalue weighted by molar-refractivity contribution is 6.31. The van der Waals surface area contributed by atoms with Gasteiger partial charge in [0.2, 0.25) is 0 Å². The molecule has 3 nitrogen and oxygen atoms in total. The van der Waals surface area contributed by atoms with Crippen LogP contribution in [0.3, 0.4) is 0 Å². The number of hydrogen-bond acceptors (Lipinski definition) is 3. The van der Waals surface area contributed by atoms with Gasteiger partial charge in [0.05, 0.1) is 10.7 Å². The molecule has 1 saturated heterocycles. The molecule has 0 radical (unpaired) electrons. The normalized spacial score (nSPS) is 19.4. The molecule has 1 fully saturated rings. The van der Waals surface area contributed by atoms with Crippen LogP contribution in [0.5, 0.6) is 0 Å². The number of nitrogens with zero attached hydrogens (tertiary/aromatic N) is 2. The van der Waals surface area contributed by atoms with Gasteiger partial charge in [-0.05, 0) is 30.9 Å². The molecule has 1 aliphatic rings. The van der Waals surface area contributed by atoms with Crippen LogP contribution >= 0.6 is 11.6 Å². The summed E-state index contributed by atoms with van der Waals surface area (Å²) < 4.78 is 0. The third kappa shape index (κ3) is 3.64. The number of nitrogens with one attached hydrogen (secondary N) is 1. The maximum Gasteiger partial charge on any atom is 0.129 e. The summed E-state index contributed by atoms with van der Waals surface area (Å²) >= 11 is 6.26. The molecule has 0 amide bonds. The first-order valence-corrected chi connectivity index (χ1v) is 8.02. The lowest BCUT2D eigenvalue weighted by molar-refractivity contribution is 0.489. The Morgan fingerprint density at radius 3 is 2.75 bits per heavy atom. The molecular formula is C16H26ClN3. The monoisotopic (exact) mass is 295 g/mol. The highest BCUT2D eigenvalue weighted by Gasteiger charge is 2.28. The molecule has 4 heteroatoms. The zero-order valence-corrected chi connectivity index (χ0v) is 13.7. The molecule has 0 aromatic carbocycles. The van der Waals surface area contributed by atoms with Crippen molar-refractivity contribution in [2.24, 2.45) is 5.92 Å². The molecule has 0 saturated carbocycles. The first kappa shape index (κ1) is 15.6. The predicted octanol–water partition coefficient (Wildman–Crippen LogP) is 3.86. The smallest absolute Gasteiger partial charge is 0.129 e. The Hall–Kier alpha value is -0.800. The number of anilines is 1. The van der Waals surface area contributed by atoms with E-state index in [1.165, 1.54) is 12.8 Å². The Morgan fingerprint density at radius 2 is 2.10 bits per heavy atom. The van der Waals surface area contributed by atoms with E-state index >= 15 is 0 Å². The van der Waals surface area contributed by atoms with Crippen molar-refractivity contribution in [1.29, 1.82) is 0 Å². The lowest BCUT2D eigenvalue weighted by Crippen LogP contribution is -2.34. The number of pyridine rings is 1. The second-order valence-electron chi connectivity index (χ2n) is 6.28. The maximum absolute atomic E-state index is 6.26. The summed E-state index contributed by atoms with van der Waals surface area (Å²) in [5, 5.41) is 4.14. The summed E-state index contributed by atoms with van der Waals surface area (Å²) in [5.74, 6) is 1.73. The van der Waals surface area contributed by atoms with Crippen molar-refractivity contribution in [3.8, 4) is 0 Å². The fourth-order valence-corrected chi connectivity index (χ4v) is 3.00. The molecular weight excluding hydrogens is 270 g/mol. The maximum atomic E-state index is 6.26. The summed E-state index contributed by atoms with van der Waals surface area (Å²) in [6.45, 7) is 10.7. The van der Waals surface area contributed by atoms with E-state index in [-0.39, 0.29) is 0 Å². The van der Waals surface area contributed by atoms with E-state index in [2.05, 4.69) is 44.0 Å². The summed E-state index contributed by atoms with van der Waals surface area (Å²) in [4.78, 5) is 7.23. The van der Waals surface area contributed by atoms with Crippen molar-refractivity contribution in [1.82, 2.24) is 10.3 Å². The first-order valence-electron chi connectivity index (χ1n) is 7.64. The van der Waals surface area contributed by atoms with Gasteiger partial charge in [-0.25, -0.2) is 4.98 Å². The number of aromatic nitrogens is 1.